The molecule has 1 aromatic heterocycles. The van der Waals surface area contributed by atoms with Crippen molar-refractivity contribution in [1.29, 1.82) is 0 Å². The molecule has 0 atom stereocenters. The van der Waals surface area contributed by atoms with Crippen molar-refractivity contribution in [2.75, 3.05) is 19.8 Å². The number of oxazole rings is 1. The van der Waals surface area contributed by atoms with Crippen LogP contribution in [0.2, 0.25) is 0 Å². The first kappa shape index (κ1) is 18.6. The highest BCUT2D eigenvalue weighted by Gasteiger charge is 2.30. The van der Waals surface area contributed by atoms with Crippen LogP contribution in [0, 0.1) is 6.92 Å². The largest absolute Gasteiger partial charge is 0.441 e. The normalized spacial score (nSPS) is 16.0. The van der Waals surface area contributed by atoms with Gasteiger partial charge in [-0.05, 0) is 38.0 Å². The van der Waals surface area contributed by atoms with Gasteiger partial charge in [0.05, 0.1) is 25.3 Å². The van der Waals surface area contributed by atoms with E-state index in [0.29, 0.717) is 43.5 Å². The Kier molecular flexibility index (Phi) is 5.74. The molecule has 6 nitrogen and oxygen atoms in total. The second kappa shape index (κ2) is 8.01. The van der Waals surface area contributed by atoms with E-state index in [1.165, 1.54) is 5.56 Å². The summed E-state index contributed by atoms with van der Waals surface area (Å²) >= 11 is 0. The summed E-state index contributed by atoms with van der Waals surface area (Å²) < 4.78 is 16.8. The van der Waals surface area contributed by atoms with E-state index in [2.05, 4.69) is 29.4 Å². The van der Waals surface area contributed by atoms with Gasteiger partial charge in [-0.3, -0.25) is 4.79 Å². The van der Waals surface area contributed by atoms with Crippen LogP contribution >= 0.6 is 0 Å². The van der Waals surface area contributed by atoms with E-state index in [1.807, 2.05) is 26.0 Å². The number of aromatic nitrogens is 1. The highest BCUT2D eigenvalue weighted by Crippen LogP contribution is 2.23. The minimum Gasteiger partial charge on any atom is -0.441 e. The number of aryl methyl sites for hydroxylation is 2. The van der Waals surface area contributed by atoms with Gasteiger partial charge in [-0.25, -0.2) is 4.98 Å². The zero-order chi connectivity index (χ0) is 18.6. The summed E-state index contributed by atoms with van der Waals surface area (Å²) in [5.74, 6) is 0.544. The van der Waals surface area contributed by atoms with Crippen LogP contribution in [0.3, 0.4) is 0 Å². The van der Waals surface area contributed by atoms with Crippen LogP contribution in [-0.4, -0.2) is 36.4 Å². The predicted octanol–water partition coefficient (Wildman–Crippen LogP) is 3.02. The summed E-state index contributed by atoms with van der Waals surface area (Å²) in [5, 5.41) is 2.89. The van der Waals surface area contributed by atoms with Gasteiger partial charge in [-0.1, -0.05) is 19.1 Å². The van der Waals surface area contributed by atoms with Crippen LogP contribution in [0.5, 0.6) is 0 Å². The van der Waals surface area contributed by atoms with Crippen molar-refractivity contribution in [2.45, 2.75) is 45.8 Å². The third-order valence-corrected chi connectivity index (χ3v) is 4.63. The van der Waals surface area contributed by atoms with Crippen LogP contribution in [-0.2, 0) is 27.1 Å². The molecule has 2 heterocycles. The molecule has 1 aromatic carbocycles. The van der Waals surface area contributed by atoms with E-state index >= 15 is 0 Å². The summed E-state index contributed by atoms with van der Waals surface area (Å²) in [6.07, 6.45) is 1.80. The Hall–Kier alpha value is -2.18. The van der Waals surface area contributed by atoms with Gasteiger partial charge in [0.1, 0.15) is 5.76 Å². The summed E-state index contributed by atoms with van der Waals surface area (Å²) in [6, 6.07) is 8.12. The van der Waals surface area contributed by atoms with E-state index in [9.17, 15) is 4.79 Å². The quantitative estimate of drug-likeness (QED) is 0.823. The topological polar surface area (TPSA) is 73.6 Å². The Labute approximate surface area is 153 Å². The maximum atomic E-state index is 12.2. The van der Waals surface area contributed by atoms with Crippen LogP contribution in [0.4, 0.5) is 0 Å². The molecule has 26 heavy (non-hydrogen) atoms. The van der Waals surface area contributed by atoms with Gasteiger partial charge >= 0.3 is 0 Å². The molecule has 1 N–H and O–H groups in total. The molecule has 6 heteroatoms. The molecule has 1 aliphatic heterocycles. The Morgan fingerprint density at radius 1 is 1.23 bits per heavy atom. The molecular formula is C20H26N2O4. The number of nitrogens with zero attached hydrogens (tertiary/aromatic N) is 1. The molecule has 0 spiro atoms. The Morgan fingerprint density at radius 3 is 2.58 bits per heavy atom. The van der Waals surface area contributed by atoms with Crippen LogP contribution in [0.15, 0.2) is 28.7 Å². The highest BCUT2D eigenvalue weighted by molar-refractivity contribution is 5.78. The van der Waals surface area contributed by atoms with Gasteiger partial charge in [-0.15, -0.1) is 0 Å². The number of hydrogen-bond acceptors (Lipinski definition) is 5. The van der Waals surface area contributed by atoms with Crippen molar-refractivity contribution in [3.05, 3.63) is 41.3 Å². The lowest BCUT2D eigenvalue weighted by atomic mass is 10.1. The summed E-state index contributed by atoms with van der Waals surface area (Å²) in [4.78, 5) is 16.7. The minimum absolute atomic E-state index is 0.0872. The lowest BCUT2D eigenvalue weighted by molar-refractivity contribution is -0.146. The second-order valence-electron chi connectivity index (χ2n) is 6.68. The zero-order valence-electron chi connectivity index (χ0n) is 15.6. The first-order valence-electron chi connectivity index (χ1n) is 9.09. The van der Waals surface area contributed by atoms with Crippen LogP contribution in [0.25, 0.3) is 11.5 Å². The number of carbonyl (C=O) groups excluding carboxylic acids is 1. The molecule has 1 amide bonds. The van der Waals surface area contributed by atoms with Crippen molar-refractivity contribution in [3.63, 3.8) is 0 Å². The van der Waals surface area contributed by atoms with Gasteiger partial charge in [0, 0.05) is 18.5 Å². The highest BCUT2D eigenvalue weighted by atomic mass is 16.7. The van der Waals surface area contributed by atoms with Crippen molar-refractivity contribution in [1.82, 2.24) is 10.3 Å². The van der Waals surface area contributed by atoms with Crippen molar-refractivity contribution in [2.24, 2.45) is 0 Å². The van der Waals surface area contributed by atoms with E-state index < -0.39 is 5.79 Å². The van der Waals surface area contributed by atoms with Gasteiger partial charge in [-0.2, -0.15) is 0 Å². The molecule has 0 radical (unpaired) electrons. The molecule has 0 aliphatic carbocycles. The molecule has 140 valence electrons. The molecule has 0 unspecified atom stereocenters. The number of ether oxygens (including phenoxy) is 2. The molecule has 3 rings (SSSR count). The Balaban J connectivity index is 1.55. The lowest BCUT2D eigenvalue weighted by Gasteiger charge is -2.22. The summed E-state index contributed by atoms with van der Waals surface area (Å²) in [7, 11) is 0. The average molecular weight is 358 g/mol. The molecule has 0 bridgehead atoms. The molecular weight excluding hydrogens is 332 g/mol. The van der Waals surface area contributed by atoms with E-state index in [1.54, 1.807) is 0 Å². The number of benzene rings is 1. The third kappa shape index (κ3) is 4.51. The number of amides is 1. The maximum Gasteiger partial charge on any atom is 0.226 e. The monoisotopic (exact) mass is 358 g/mol. The fourth-order valence-corrected chi connectivity index (χ4v) is 2.94. The molecule has 2 aromatic rings. The smallest absolute Gasteiger partial charge is 0.226 e. The molecule has 1 fully saturated rings. The standard InChI is InChI=1S/C20H26N2O4/c1-4-15-5-7-16(8-6-15)19-22-17(14(2)26-19)13-18(23)21-10-9-20(3)24-11-12-25-20/h5-8H,4,9-13H2,1-3H3,(H,21,23). The van der Waals surface area contributed by atoms with Crippen LogP contribution in [0.1, 0.15) is 37.3 Å². The minimum atomic E-state index is -0.588. The number of hydrogen-bond donors (Lipinski definition) is 1. The zero-order valence-corrected chi connectivity index (χ0v) is 15.6. The first-order valence-corrected chi connectivity index (χ1v) is 9.09. The van der Waals surface area contributed by atoms with E-state index in [0.717, 1.165) is 12.0 Å². The third-order valence-electron chi connectivity index (χ3n) is 4.63. The van der Waals surface area contributed by atoms with Crippen LogP contribution < -0.4 is 5.32 Å². The Morgan fingerprint density at radius 2 is 1.92 bits per heavy atom. The maximum absolute atomic E-state index is 12.2. The number of nitrogens with one attached hydrogen (secondary N) is 1. The van der Waals surface area contributed by atoms with Gasteiger partial charge in [0.15, 0.2) is 5.79 Å². The fraction of sp³-hybridized carbons (Fsp3) is 0.500. The van der Waals surface area contributed by atoms with Gasteiger partial charge < -0.3 is 19.2 Å². The average Bonchev–Trinajstić information content (AvgIpc) is 3.22. The number of rotatable bonds is 7. The van der Waals surface area contributed by atoms with Crippen molar-refractivity contribution >= 4 is 5.91 Å². The predicted molar refractivity (Wildman–Crippen MR) is 97.7 cm³/mol. The van der Waals surface area contributed by atoms with Crippen molar-refractivity contribution < 1.29 is 18.7 Å². The first-order chi connectivity index (χ1) is 12.5. The number of carbonyl (C=O) groups is 1. The molecule has 0 saturated carbocycles. The van der Waals surface area contributed by atoms with Gasteiger partial charge in [0.25, 0.3) is 0 Å². The Bertz CT molecular complexity index is 746. The van der Waals surface area contributed by atoms with E-state index in [4.69, 9.17) is 13.9 Å². The summed E-state index contributed by atoms with van der Waals surface area (Å²) in [5.41, 5.74) is 2.85. The van der Waals surface area contributed by atoms with Gasteiger partial charge in [0.2, 0.25) is 11.8 Å². The fourth-order valence-electron chi connectivity index (χ4n) is 2.94. The van der Waals surface area contributed by atoms with E-state index in [-0.39, 0.29) is 12.3 Å². The summed E-state index contributed by atoms with van der Waals surface area (Å²) in [6.45, 7) is 7.55. The second-order valence-corrected chi connectivity index (χ2v) is 6.68. The SMILES string of the molecule is CCc1ccc(-c2nc(CC(=O)NCCC3(C)OCCO3)c(C)o2)cc1. The van der Waals surface area contributed by atoms with Crippen molar-refractivity contribution in [3.8, 4) is 11.5 Å². The molecule has 1 saturated heterocycles. The lowest BCUT2D eigenvalue weighted by Crippen LogP contribution is -2.34. The molecule has 1 aliphatic rings.